The van der Waals surface area contributed by atoms with E-state index in [9.17, 15) is 14.4 Å². The third kappa shape index (κ3) is 4.92. The van der Waals surface area contributed by atoms with Gasteiger partial charge in [-0.2, -0.15) is 0 Å². The number of carbonyl (C=O) groups is 3. The Morgan fingerprint density at radius 1 is 1.23 bits per heavy atom. The highest BCUT2D eigenvalue weighted by molar-refractivity contribution is 7.14. The summed E-state index contributed by atoms with van der Waals surface area (Å²) in [4.78, 5) is 37.1. The Morgan fingerprint density at radius 2 is 1.88 bits per heavy atom. The fourth-order valence-corrected chi connectivity index (χ4v) is 3.33. The van der Waals surface area contributed by atoms with Gasteiger partial charge < -0.3 is 15.8 Å². The van der Waals surface area contributed by atoms with E-state index < -0.39 is 23.9 Å². The molecule has 1 atom stereocenters. The van der Waals surface area contributed by atoms with E-state index in [-0.39, 0.29) is 0 Å². The second-order valence-corrected chi connectivity index (χ2v) is 7.18. The first-order chi connectivity index (χ1) is 12.3. The number of nitrogens with one attached hydrogen (secondary N) is 1. The highest BCUT2D eigenvalue weighted by Crippen LogP contribution is 2.24. The molecular weight excluding hydrogens is 352 g/mol. The van der Waals surface area contributed by atoms with Gasteiger partial charge in [0.05, 0.1) is 0 Å². The van der Waals surface area contributed by atoms with E-state index in [0.29, 0.717) is 16.1 Å². The van der Waals surface area contributed by atoms with Crippen LogP contribution in [0.15, 0.2) is 30.3 Å². The molecule has 3 N–H and O–H groups in total. The Bertz CT molecular complexity index is 811. The molecule has 1 heterocycles. The maximum atomic E-state index is 12.3. The molecule has 0 radical (unpaired) electrons. The summed E-state index contributed by atoms with van der Waals surface area (Å²) in [6.45, 7) is 5.56. The molecule has 0 fully saturated rings. The number of amides is 2. The fourth-order valence-electron chi connectivity index (χ4n) is 2.37. The zero-order valence-corrected chi connectivity index (χ0v) is 15.8. The number of hydrogen-bond acceptors (Lipinski definition) is 5. The van der Waals surface area contributed by atoms with Crippen molar-refractivity contribution in [3.8, 4) is 0 Å². The number of carbonyl (C=O) groups excluding carboxylic acids is 3. The summed E-state index contributed by atoms with van der Waals surface area (Å²) in [5.41, 5.74) is 7.14. The van der Waals surface area contributed by atoms with Gasteiger partial charge in [-0.3, -0.25) is 9.59 Å². The van der Waals surface area contributed by atoms with Crippen LogP contribution in [0.25, 0.3) is 0 Å². The van der Waals surface area contributed by atoms with Crippen molar-refractivity contribution in [1.29, 1.82) is 0 Å². The SMILES string of the molecule is CCCc1cc(C(=O)O[C@@H](C)C(=O)Nc2ccc(C(N)=O)cc2)sc1C. The summed E-state index contributed by atoms with van der Waals surface area (Å²) >= 11 is 1.37. The van der Waals surface area contributed by atoms with Crippen LogP contribution in [0.2, 0.25) is 0 Å². The predicted octanol–water partition coefficient (Wildman–Crippen LogP) is 3.29. The van der Waals surface area contributed by atoms with E-state index in [0.717, 1.165) is 23.3 Å². The highest BCUT2D eigenvalue weighted by Gasteiger charge is 2.21. The lowest BCUT2D eigenvalue weighted by Gasteiger charge is -2.13. The average Bonchev–Trinajstić information content (AvgIpc) is 2.96. The number of ether oxygens (including phenoxy) is 1. The largest absolute Gasteiger partial charge is 0.448 e. The highest BCUT2D eigenvalue weighted by atomic mass is 32.1. The number of thiophene rings is 1. The number of primary amides is 1. The first-order valence-electron chi connectivity index (χ1n) is 8.32. The van der Waals surface area contributed by atoms with Crippen molar-refractivity contribution >= 4 is 34.8 Å². The number of esters is 1. The lowest BCUT2D eigenvalue weighted by Crippen LogP contribution is -2.29. The van der Waals surface area contributed by atoms with Gasteiger partial charge in [-0.15, -0.1) is 11.3 Å². The molecule has 1 aromatic heterocycles. The molecule has 0 spiro atoms. The Hall–Kier alpha value is -2.67. The van der Waals surface area contributed by atoms with Crippen LogP contribution in [-0.2, 0) is 16.0 Å². The molecule has 0 unspecified atom stereocenters. The molecule has 0 aliphatic heterocycles. The fraction of sp³-hybridized carbons (Fsp3) is 0.316. The summed E-state index contributed by atoms with van der Waals surface area (Å²) in [6.07, 6.45) is 0.960. The minimum absolute atomic E-state index is 0.346. The molecule has 0 bridgehead atoms. The number of benzene rings is 1. The molecule has 138 valence electrons. The quantitative estimate of drug-likeness (QED) is 0.727. The van der Waals surface area contributed by atoms with E-state index >= 15 is 0 Å². The number of nitrogens with two attached hydrogens (primary N) is 1. The van der Waals surface area contributed by atoms with E-state index in [2.05, 4.69) is 12.2 Å². The van der Waals surface area contributed by atoms with Gasteiger partial charge in [0.2, 0.25) is 5.91 Å². The van der Waals surface area contributed by atoms with Crippen LogP contribution in [0.1, 0.15) is 50.7 Å². The molecule has 26 heavy (non-hydrogen) atoms. The summed E-state index contributed by atoms with van der Waals surface area (Å²) in [6, 6.07) is 7.98. The predicted molar refractivity (Wildman–Crippen MR) is 102 cm³/mol. The molecule has 2 amide bonds. The van der Waals surface area contributed by atoms with Crippen molar-refractivity contribution in [2.45, 2.75) is 39.7 Å². The van der Waals surface area contributed by atoms with Crippen molar-refractivity contribution in [2.24, 2.45) is 5.73 Å². The minimum atomic E-state index is -0.949. The summed E-state index contributed by atoms with van der Waals surface area (Å²) in [5, 5.41) is 2.64. The van der Waals surface area contributed by atoms with Crippen molar-refractivity contribution in [3.63, 3.8) is 0 Å². The van der Waals surface area contributed by atoms with Gasteiger partial charge in [0.15, 0.2) is 6.10 Å². The zero-order valence-electron chi connectivity index (χ0n) is 15.0. The molecule has 0 saturated heterocycles. The Kier molecular flexibility index (Phi) is 6.52. The van der Waals surface area contributed by atoms with Gasteiger partial charge in [0.1, 0.15) is 4.88 Å². The van der Waals surface area contributed by atoms with Gasteiger partial charge in [0, 0.05) is 16.1 Å². The second kappa shape index (κ2) is 8.62. The summed E-state index contributed by atoms with van der Waals surface area (Å²) < 4.78 is 5.26. The van der Waals surface area contributed by atoms with Gasteiger partial charge >= 0.3 is 5.97 Å². The van der Waals surface area contributed by atoms with Crippen LogP contribution in [0.3, 0.4) is 0 Å². The number of hydrogen-bond donors (Lipinski definition) is 2. The normalized spacial score (nSPS) is 11.7. The average molecular weight is 374 g/mol. The smallest absolute Gasteiger partial charge is 0.349 e. The topological polar surface area (TPSA) is 98.5 Å². The van der Waals surface area contributed by atoms with Crippen LogP contribution in [0, 0.1) is 6.92 Å². The standard InChI is InChI=1S/C19H22N2O4S/c1-4-5-14-10-16(26-12(14)3)19(24)25-11(2)18(23)21-15-8-6-13(7-9-15)17(20)22/h6-11H,4-5H2,1-3H3,(H2,20,22)(H,21,23)/t11-/m0/s1. The summed E-state index contributed by atoms with van der Waals surface area (Å²) in [5.74, 6) is -1.50. The monoisotopic (exact) mass is 374 g/mol. The molecule has 2 aromatic rings. The van der Waals surface area contributed by atoms with Gasteiger partial charge in [-0.25, -0.2) is 4.79 Å². The maximum absolute atomic E-state index is 12.3. The lowest BCUT2D eigenvalue weighted by atomic mass is 10.1. The van der Waals surface area contributed by atoms with Gasteiger partial charge in [0.25, 0.3) is 5.91 Å². The third-order valence-electron chi connectivity index (χ3n) is 3.83. The van der Waals surface area contributed by atoms with Crippen LogP contribution in [0.4, 0.5) is 5.69 Å². The van der Waals surface area contributed by atoms with E-state index in [1.807, 2.05) is 13.0 Å². The second-order valence-electron chi connectivity index (χ2n) is 5.92. The summed E-state index contributed by atoms with van der Waals surface area (Å²) in [7, 11) is 0. The molecule has 0 aliphatic rings. The Labute approximate surface area is 156 Å². The number of aryl methyl sites for hydroxylation is 2. The number of rotatable bonds is 7. The van der Waals surface area contributed by atoms with Gasteiger partial charge in [-0.1, -0.05) is 13.3 Å². The molecular formula is C19H22N2O4S. The first-order valence-corrected chi connectivity index (χ1v) is 9.14. The molecule has 6 nitrogen and oxygen atoms in total. The molecule has 7 heteroatoms. The van der Waals surface area contributed by atoms with Crippen LogP contribution in [-0.4, -0.2) is 23.9 Å². The maximum Gasteiger partial charge on any atom is 0.349 e. The Balaban J connectivity index is 1.96. The van der Waals surface area contributed by atoms with Crippen molar-refractivity contribution in [2.75, 3.05) is 5.32 Å². The van der Waals surface area contributed by atoms with E-state index in [4.69, 9.17) is 10.5 Å². The van der Waals surface area contributed by atoms with Crippen LogP contribution >= 0.6 is 11.3 Å². The molecule has 0 saturated carbocycles. The molecule has 1 aromatic carbocycles. The lowest BCUT2D eigenvalue weighted by molar-refractivity contribution is -0.123. The van der Waals surface area contributed by atoms with Crippen molar-refractivity contribution in [1.82, 2.24) is 0 Å². The van der Waals surface area contributed by atoms with Crippen molar-refractivity contribution in [3.05, 3.63) is 51.2 Å². The van der Waals surface area contributed by atoms with Crippen molar-refractivity contribution < 1.29 is 19.1 Å². The van der Waals surface area contributed by atoms with E-state index in [1.54, 1.807) is 12.1 Å². The minimum Gasteiger partial charge on any atom is -0.448 e. The van der Waals surface area contributed by atoms with E-state index in [1.165, 1.54) is 30.4 Å². The van der Waals surface area contributed by atoms with Crippen LogP contribution < -0.4 is 11.1 Å². The van der Waals surface area contributed by atoms with Crippen LogP contribution in [0.5, 0.6) is 0 Å². The first kappa shape index (κ1) is 19.7. The zero-order chi connectivity index (χ0) is 19.3. The third-order valence-corrected chi connectivity index (χ3v) is 4.90. The van der Waals surface area contributed by atoms with Gasteiger partial charge in [-0.05, 0) is 56.2 Å². The number of anilines is 1. The molecule has 0 aliphatic carbocycles. The molecule has 2 rings (SSSR count). The Morgan fingerprint density at radius 3 is 2.46 bits per heavy atom.